The van der Waals surface area contributed by atoms with Crippen molar-refractivity contribution >= 4 is 0 Å². The molecule has 1 aliphatic rings. The van der Waals surface area contributed by atoms with E-state index in [9.17, 15) is 0 Å². The van der Waals surface area contributed by atoms with Crippen LogP contribution in [0.5, 0.6) is 0 Å². The van der Waals surface area contributed by atoms with Gasteiger partial charge in [0.25, 0.3) is 0 Å². The summed E-state index contributed by atoms with van der Waals surface area (Å²) < 4.78 is 6.01. The molecule has 0 aliphatic heterocycles. The first-order valence-electron chi connectivity index (χ1n) is 12.0. The molecule has 0 fully saturated rings. The number of hydrogen-bond donors (Lipinski definition) is 6. The Bertz CT molecular complexity index is 467. The van der Waals surface area contributed by atoms with E-state index < -0.39 is 0 Å². The van der Waals surface area contributed by atoms with Crippen molar-refractivity contribution in [2.24, 2.45) is 17.4 Å². The molecule has 1 atom stereocenters. The van der Waals surface area contributed by atoms with Crippen LogP contribution in [0, 0.1) is 5.92 Å². The first-order chi connectivity index (χ1) is 14.7. The number of rotatable bonds is 20. The summed E-state index contributed by atoms with van der Waals surface area (Å²) in [5.74, 6) is 1.51. The highest BCUT2D eigenvalue weighted by Gasteiger charge is 2.16. The Morgan fingerprint density at radius 3 is 2.03 bits per heavy atom. The molecule has 0 aromatic rings. The normalized spacial score (nSPS) is 16.6. The van der Waals surface area contributed by atoms with Gasteiger partial charge in [-0.3, -0.25) is 0 Å². The molecule has 0 heterocycles. The SMILES string of the molecule is CC(C)OC1=CC(CNCCCNCCCN)CC(CNCCCNCCCN)=C1. The van der Waals surface area contributed by atoms with Crippen LogP contribution in [0.3, 0.4) is 0 Å². The van der Waals surface area contributed by atoms with E-state index in [-0.39, 0.29) is 6.10 Å². The molecule has 0 amide bonds. The van der Waals surface area contributed by atoms with Crippen molar-refractivity contribution in [2.45, 2.75) is 52.1 Å². The lowest BCUT2D eigenvalue weighted by Gasteiger charge is -2.24. The number of allylic oxidation sites excluding steroid dienone is 1. The lowest BCUT2D eigenvalue weighted by atomic mass is 9.93. The molecule has 0 bridgehead atoms. The maximum absolute atomic E-state index is 6.01. The van der Waals surface area contributed by atoms with Crippen LogP contribution < -0.4 is 32.7 Å². The molecule has 1 rings (SSSR count). The van der Waals surface area contributed by atoms with Gasteiger partial charge in [-0.05, 0) is 116 Å². The van der Waals surface area contributed by atoms with Gasteiger partial charge in [0.1, 0.15) is 5.76 Å². The number of nitrogens with one attached hydrogen (secondary N) is 4. The molecule has 0 aromatic heterocycles. The Kier molecular flexibility index (Phi) is 16.9. The van der Waals surface area contributed by atoms with Crippen LogP contribution >= 0.6 is 0 Å². The smallest absolute Gasteiger partial charge is 0.116 e. The van der Waals surface area contributed by atoms with Gasteiger partial charge in [0.15, 0.2) is 0 Å². The minimum Gasteiger partial charge on any atom is -0.491 e. The topological polar surface area (TPSA) is 109 Å². The van der Waals surface area contributed by atoms with E-state index >= 15 is 0 Å². The molecule has 0 saturated carbocycles. The third-order valence-corrected chi connectivity index (χ3v) is 4.93. The monoisotopic (exact) mass is 424 g/mol. The molecule has 0 aromatic carbocycles. The second-order valence-electron chi connectivity index (χ2n) is 8.37. The van der Waals surface area contributed by atoms with E-state index in [0.717, 1.165) is 103 Å². The average molecular weight is 425 g/mol. The third-order valence-electron chi connectivity index (χ3n) is 4.93. The van der Waals surface area contributed by atoms with Crippen LogP contribution in [-0.2, 0) is 4.74 Å². The van der Waals surface area contributed by atoms with Crippen LogP contribution in [0.15, 0.2) is 23.5 Å². The molecule has 30 heavy (non-hydrogen) atoms. The van der Waals surface area contributed by atoms with Crippen LogP contribution in [0.2, 0.25) is 0 Å². The van der Waals surface area contributed by atoms with Crippen molar-refractivity contribution in [3.05, 3.63) is 23.5 Å². The highest BCUT2D eigenvalue weighted by atomic mass is 16.5. The molecule has 8 N–H and O–H groups in total. The van der Waals surface area contributed by atoms with Gasteiger partial charge in [-0.1, -0.05) is 5.57 Å². The number of nitrogens with two attached hydrogens (primary N) is 2. The first-order valence-corrected chi connectivity index (χ1v) is 12.0. The molecule has 0 radical (unpaired) electrons. The summed E-state index contributed by atoms with van der Waals surface area (Å²) in [7, 11) is 0. The van der Waals surface area contributed by atoms with E-state index in [1.165, 1.54) is 5.57 Å². The Morgan fingerprint density at radius 1 is 0.867 bits per heavy atom. The van der Waals surface area contributed by atoms with Crippen LogP contribution in [0.1, 0.15) is 46.0 Å². The van der Waals surface area contributed by atoms with Crippen LogP contribution in [0.4, 0.5) is 0 Å². The molecular formula is C23H48N6O. The maximum atomic E-state index is 6.01. The van der Waals surface area contributed by atoms with Crippen molar-refractivity contribution in [3.8, 4) is 0 Å². The summed E-state index contributed by atoms with van der Waals surface area (Å²) in [5, 5.41) is 14.1. The highest BCUT2D eigenvalue weighted by molar-refractivity contribution is 5.26. The van der Waals surface area contributed by atoms with E-state index in [1.807, 2.05) is 0 Å². The largest absolute Gasteiger partial charge is 0.491 e. The second kappa shape index (κ2) is 18.8. The quantitative estimate of drug-likeness (QED) is 0.162. The minimum atomic E-state index is 0.201. The van der Waals surface area contributed by atoms with Gasteiger partial charge in [-0.2, -0.15) is 0 Å². The molecule has 176 valence electrons. The second-order valence-corrected chi connectivity index (χ2v) is 8.37. The van der Waals surface area contributed by atoms with E-state index in [1.54, 1.807) is 0 Å². The third kappa shape index (κ3) is 14.9. The van der Waals surface area contributed by atoms with E-state index in [2.05, 4.69) is 47.3 Å². The Labute approximate surface area is 184 Å². The Morgan fingerprint density at radius 2 is 1.43 bits per heavy atom. The van der Waals surface area contributed by atoms with Crippen molar-refractivity contribution < 1.29 is 4.74 Å². The standard InChI is InChI=1S/C23H48N6O/c1-20(2)30-23-16-21(18-28-13-5-11-26-9-3-7-24)15-22(17-23)19-29-14-6-12-27-10-4-8-25/h16-17,20-21,26-29H,3-15,18-19,24-25H2,1-2H3. The van der Waals surface area contributed by atoms with Crippen molar-refractivity contribution in [1.82, 2.24) is 21.3 Å². The predicted octanol–water partition coefficient (Wildman–Crippen LogP) is 1.08. The lowest BCUT2D eigenvalue weighted by Crippen LogP contribution is -2.29. The molecule has 0 saturated heterocycles. The van der Waals surface area contributed by atoms with Gasteiger partial charge >= 0.3 is 0 Å². The lowest BCUT2D eigenvalue weighted by molar-refractivity contribution is 0.154. The fourth-order valence-corrected chi connectivity index (χ4v) is 3.45. The Balaban J connectivity index is 2.26. The summed E-state index contributed by atoms with van der Waals surface area (Å²) in [6.45, 7) is 13.8. The fraction of sp³-hybridized carbons (Fsp3) is 0.826. The fourth-order valence-electron chi connectivity index (χ4n) is 3.45. The molecule has 0 spiro atoms. The molecular weight excluding hydrogens is 376 g/mol. The highest BCUT2D eigenvalue weighted by Crippen LogP contribution is 2.23. The van der Waals surface area contributed by atoms with E-state index in [4.69, 9.17) is 16.2 Å². The Hall–Kier alpha value is -0.960. The van der Waals surface area contributed by atoms with E-state index in [0.29, 0.717) is 5.92 Å². The maximum Gasteiger partial charge on any atom is 0.116 e. The van der Waals surface area contributed by atoms with Gasteiger partial charge in [-0.25, -0.2) is 0 Å². The molecule has 7 heteroatoms. The summed E-state index contributed by atoms with van der Waals surface area (Å²) in [6, 6.07) is 0. The molecule has 7 nitrogen and oxygen atoms in total. The van der Waals surface area contributed by atoms with Gasteiger partial charge in [0.2, 0.25) is 0 Å². The summed E-state index contributed by atoms with van der Waals surface area (Å²) in [5.41, 5.74) is 12.4. The summed E-state index contributed by atoms with van der Waals surface area (Å²) in [4.78, 5) is 0. The zero-order valence-corrected chi connectivity index (χ0v) is 19.5. The van der Waals surface area contributed by atoms with Crippen molar-refractivity contribution in [2.75, 3.05) is 65.4 Å². The minimum absolute atomic E-state index is 0.201. The predicted molar refractivity (Wildman–Crippen MR) is 129 cm³/mol. The van der Waals surface area contributed by atoms with Gasteiger partial charge in [0, 0.05) is 13.1 Å². The average Bonchev–Trinajstić information content (AvgIpc) is 2.71. The zero-order chi connectivity index (χ0) is 21.9. The summed E-state index contributed by atoms with van der Waals surface area (Å²) >= 11 is 0. The van der Waals surface area contributed by atoms with Crippen molar-refractivity contribution in [3.63, 3.8) is 0 Å². The molecule has 1 unspecified atom stereocenters. The first kappa shape index (κ1) is 27.1. The molecule has 1 aliphatic carbocycles. The zero-order valence-electron chi connectivity index (χ0n) is 19.5. The van der Waals surface area contributed by atoms with Crippen molar-refractivity contribution in [1.29, 1.82) is 0 Å². The van der Waals surface area contributed by atoms with Gasteiger partial charge in [-0.15, -0.1) is 0 Å². The van der Waals surface area contributed by atoms with Crippen LogP contribution in [0.25, 0.3) is 0 Å². The van der Waals surface area contributed by atoms with Crippen LogP contribution in [-0.4, -0.2) is 71.6 Å². The van der Waals surface area contributed by atoms with Gasteiger partial charge < -0.3 is 37.5 Å². The number of hydrogen-bond acceptors (Lipinski definition) is 7. The number of ether oxygens (including phenoxy) is 1. The summed E-state index contributed by atoms with van der Waals surface area (Å²) in [6.07, 6.45) is 10.2. The van der Waals surface area contributed by atoms with Gasteiger partial charge in [0.05, 0.1) is 6.10 Å².